The lowest BCUT2D eigenvalue weighted by molar-refractivity contribution is -0.145. The zero-order valence-electron chi connectivity index (χ0n) is 13.9. The van der Waals surface area contributed by atoms with E-state index in [0.29, 0.717) is 18.2 Å². The lowest BCUT2D eigenvalue weighted by Gasteiger charge is -2.34. The standard InChI is InChI=1S/C17H22ClN3O3/c1-20(2)15(22)14-11-21(9-10-24-14)16(23)19-17(7-8-17)12-5-3-4-6-13(12)18/h3-6,14H,7-11H2,1-2H3,(H,19,23)/t14-/m1/s1. The summed E-state index contributed by atoms with van der Waals surface area (Å²) in [5.41, 5.74) is 0.573. The molecular weight excluding hydrogens is 330 g/mol. The molecule has 3 amide bonds. The van der Waals surface area contributed by atoms with Gasteiger partial charge in [-0.3, -0.25) is 4.79 Å². The van der Waals surface area contributed by atoms with Gasteiger partial charge in [-0.25, -0.2) is 4.79 Å². The van der Waals surface area contributed by atoms with Crippen molar-refractivity contribution in [1.82, 2.24) is 15.1 Å². The van der Waals surface area contributed by atoms with Gasteiger partial charge in [0.25, 0.3) is 5.91 Å². The third-order valence-electron chi connectivity index (χ3n) is 4.56. The molecule has 7 heteroatoms. The molecule has 2 aliphatic rings. The molecule has 1 aliphatic heterocycles. The largest absolute Gasteiger partial charge is 0.365 e. The molecule has 1 heterocycles. The van der Waals surface area contributed by atoms with Crippen LogP contribution in [0.1, 0.15) is 18.4 Å². The Hall–Kier alpha value is -1.79. The molecule has 0 radical (unpaired) electrons. The Morgan fingerprint density at radius 3 is 2.67 bits per heavy atom. The van der Waals surface area contributed by atoms with Crippen LogP contribution in [0.15, 0.2) is 24.3 Å². The van der Waals surface area contributed by atoms with Gasteiger partial charge in [0.15, 0.2) is 6.10 Å². The van der Waals surface area contributed by atoms with E-state index < -0.39 is 6.10 Å². The fraction of sp³-hybridized carbons (Fsp3) is 0.529. The van der Waals surface area contributed by atoms with Crippen LogP contribution >= 0.6 is 11.6 Å². The summed E-state index contributed by atoms with van der Waals surface area (Å²) in [6.07, 6.45) is 1.13. The number of halogens is 1. The molecule has 1 N–H and O–H groups in total. The second kappa shape index (κ2) is 6.61. The molecule has 1 saturated carbocycles. The highest BCUT2D eigenvalue weighted by Crippen LogP contribution is 2.48. The van der Waals surface area contributed by atoms with Crippen molar-refractivity contribution in [2.24, 2.45) is 0 Å². The molecular formula is C17H22ClN3O3. The van der Waals surface area contributed by atoms with Crippen molar-refractivity contribution in [3.63, 3.8) is 0 Å². The van der Waals surface area contributed by atoms with Gasteiger partial charge in [-0.1, -0.05) is 29.8 Å². The first kappa shape index (κ1) is 17.0. The van der Waals surface area contributed by atoms with E-state index in [1.54, 1.807) is 19.0 Å². The summed E-state index contributed by atoms with van der Waals surface area (Å²) < 4.78 is 5.50. The van der Waals surface area contributed by atoms with Crippen molar-refractivity contribution >= 4 is 23.5 Å². The van der Waals surface area contributed by atoms with E-state index in [9.17, 15) is 9.59 Å². The molecule has 1 aromatic rings. The fourth-order valence-corrected chi connectivity index (χ4v) is 3.31. The highest BCUT2D eigenvalue weighted by atomic mass is 35.5. The molecule has 1 atom stereocenters. The number of carbonyl (C=O) groups excluding carboxylic acids is 2. The highest BCUT2D eigenvalue weighted by Gasteiger charge is 2.48. The summed E-state index contributed by atoms with van der Waals surface area (Å²) >= 11 is 6.28. The van der Waals surface area contributed by atoms with Gasteiger partial charge < -0.3 is 19.9 Å². The minimum Gasteiger partial charge on any atom is -0.365 e. The van der Waals surface area contributed by atoms with Crippen LogP contribution in [0.2, 0.25) is 5.02 Å². The van der Waals surface area contributed by atoms with E-state index in [2.05, 4.69) is 5.32 Å². The average Bonchev–Trinajstić information content (AvgIpc) is 3.35. The number of rotatable bonds is 3. The van der Waals surface area contributed by atoms with Crippen molar-refractivity contribution in [2.45, 2.75) is 24.5 Å². The van der Waals surface area contributed by atoms with Gasteiger partial charge in [0.2, 0.25) is 0 Å². The smallest absolute Gasteiger partial charge is 0.318 e. The van der Waals surface area contributed by atoms with Crippen molar-refractivity contribution in [2.75, 3.05) is 33.8 Å². The summed E-state index contributed by atoms with van der Waals surface area (Å²) in [5, 5.41) is 3.77. The number of ether oxygens (including phenoxy) is 1. The van der Waals surface area contributed by atoms with Crippen LogP contribution in [0.4, 0.5) is 4.79 Å². The number of nitrogens with zero attached hydrogens (tertiary/aromatic N) is 2. The molecule has 1 aromatic carbocycles. The number of nitrogens with one attached hydrogen (secondary N) is 1. The van der Waals surface area contributed by atoms with Crippen LogP contribution in [-0.4, -0.2) is 61.6 Å². The Bertz CT molecular complexity index is 646. The number of hydrogen-bond donors (Lipinski definition) is 1. The molecule has 1 aliphatic carbocycles. The maximum absolute atomic E-state index is 12.7. The third-order valence-corrected chi connectivity index (χ3v) is 4.89. The van der Waals surface area contributed by atoms with Crippen molar-refractivity contribution in [3.8, 4) is 0 Å². The number of hydrogen-bond acceptors (Lipinski definition) is 3. The second-order valence-electron chi connectivity index (χ2n) is 6.53. The first-order valence-electron chi connectivity index (χ1n) is 8.08. The minimum atomic E-state index is -0.602. The number of urea groups is 1. The fourth-order valence-electron chi connectivity index (χ4n) is 2.99. The van der Waals surface area contributed by atoms with E-state index in [1.165, 1.54) is 4.90 Å². The predicted octanol–water partition coefficient (Wildman–Crippen LogP) is 1.83. The lowest BCUT2D eigenvalue weighted by Crippen LogP contribution is -2.55. The Labute approximate surface area is 146 Å². The summed E-state index contributed by atoms with van der Waals surface area (Å²) in [6, 6.07) is 7.42. The highest BCUT2D eigenvalue weighted by molar-refractivity contribution is 6.31. The topological polar surface area (TPSA) is 61.9 Å². The van der Waals surface area contributed by atoms with Gasteiger partial charge in [0, 0.05) is 25.7 Å². The maximum atomic E-state index is 12.7. The molecule has 0 aromatic heterocycles. The molecule has 6 nitrogen and oxygen atoms in total. The van der Waals surface area contributed by atoms with Gasteiger partial charge in [-0.15, -0.1) is 0 Å². The van der Waals surface area contributed by atoms with E-state index in [-0.39, 0.29) is 24.0 Å². The van der Waals surface area contributed by atoms with Crippen molar-refractivity contribution in [1.29, 1.82) is 0 Å². The number of amides is 3. The SMILES string of the molecule is CN(C)C(=O)[C@H]1CN(C(=O)NC2(c3ccccc3Cl)CC2)CCO1. The molecule has 0 unspecified atom stereocenters. The first-order chi connectivity index (χ1) is 11.4. The predicted molar refractivity (Wildman–Crippen MR) is 90.9 cm³/mol. The van der Waals surface area contributed by atoms with Crippen LogP contribution in [0.5, 0.6) is 0 Å². The summed E-state index contributed by atoms with van der Waals surface area (Å²) in [4.78, 5) is 27.9. The van der Waals surface area contributed by atoms with Crippen LogP contribution in [-0.2, 0) is 15.1 Å². The maximum Gasteiger partial charge on any atom is 0.318 e. The molecule has 2 fully saturated rings. The van der Waals surface area contributed by atoms with Gasteiger partial charge in [-0.2, -0.15) is 0 Å². The van der Waals surface area contributed by atoms with Crippen LogP contribution in [0.25, 0.3) is 0 Å². The van der Waals surface area contributed by atoms with Gasteiger partial charge in [0.1, 0.15) is 0 Å². The minimum absolute atomic E-state index is 0.125. The first-order valence-corrected chi connectivity index (χ1v) is 8.46. The monoisotopic (exact) mass is 351 g/mol. The summed E-state index contributed by atoms with van der Waals surface area (Å²) in [7, 11) is 3.36. The molecule has 0 spiro atoms. The number of benzene rings is 1. The lowest BCUT2D eigenvalue weighted by atomic mass is 10.1. The molecule has 0 bridgehead atoms. The van der Waals surface area contributed by atoms with Crippen molar-refractivity contribution < 1.29 is 14.3 Å². The van der Waals surface area contributed by atoms with E-state index in [0.717, 1.165) is 18.4 Å². The second-order valence-corrected chi connectivity index (χ2v) is 6.94. The quantitative estimate of drug-likeness (QED) is 0.903. The van der Waals surface area contributed by atoms with E-state index in [1.807, 2.05) is 24.3 Å². The molecule has 24 heavy (non-hydrogen) atoms. The number of morpholine rings is 1. The van der Waals surface area contributed by atoms with Gasteiger partial charge >= 0.3 is 6.03 Å². The van der Waals surface area contributed by atoms with Crippen LogP contribution in [0.3, 0.4) is 0 Å². The summed E-state index contributed by atoms with van der Waals surface area (Å²) in [5.74, 6) is -0.125. The Morgan fingerprint density at radius 1 is 1.33 bits per heavy atom. The Kier molecular flexibility index (Phi) is 4.69. The normalized spacial score (nSPS) is 22.0. The zero-order valence-corrected chi connectivity index (χ0v) is 14.7. The van der Waals surface area contributed by atoms with Gasteiger partial charge in [0.05, 0.1) is 18.7 Å². The zero-order chi connectivity index (χ0) is 17.3. The summed E-state index contributed by atoms with van der Waals surface area (Å²) in [6.45, 7) is 1.10. The molecule has 1 saturated heterocycles. The van der Waals surface area contributed by atoms with Gasteiger partial charge in [-0.05, 0) is 24.5 Å². The Morgan fingerprint density at radius 2 is 2.04 bits per heavy atom. The van der Waals surface area contributed by atoms with Crippen LogP contribution < -0.4 is 5.32 Å². The number of carbonyl (C=O) groups is 2. The number of likely N-dealkylation sites (N-methyl/N-ethyl adjacent to an activating group) is 1. The molecule has 3 rings (SSSR count). The van der Waals surface area contributed by atoms with Crippen molar-refractivity contribution in [3.05, 3.63) is 34.9 Å². The Balaban J connectivity index is 1.67. The molecule has 130 valence electrons. The average molecular weight is 352 g/mol. The van der Waals surface area contributed by atoms with Crippen LogP contribution in [0, 0.1) is 0 Å². The third kappa shape index (κ3) is 3.35. The van der Waals surface area contributed by atoms with E-state index >= 15 is 0 Å². The van der Waals surface area contributed by atoms with E-state index in [4.69, 9.17) is 16.3 Å².